The van der Waals surface area contributed by atoms with E-state index in [9.17, 15) is 23.7 Å². The number of carbonyl (C=O) groups is 2. The molecule has 0 saturated heterocycles. The number of H-pyrrole nitrogens is 2. The molecule has 33 heavy (non-hydrogen) atoms. The van der Waals surface area contributed by atoms with Gasteiger partial charge >= 0.3 is 17.1 Å². The zero-order valence-corrected chi connectivity index (χ0v) is 21.7. The Balaban J connectivity index is 0.000000517. The van der Waals surface area contributed by atoms with Gasteiger partial charge in [0.15, 0.2) is 10.3 Å². The first kappa shape index (κ1) is 31.4. The van der Waals surface area contributed by atoms with E-state index >= 15 is 0 Å². The Bertz CT molecular complexity index is 1080. The van der Waals surface area contributed by atoms with E-state index in [0.717, 1.165) is 6.07 Å². The molecule has 0 fully saturated rings. The number of ether oxygens (including phenoxy) is 2. The minimum absolute atomic E-state index is 0.0575. The minimum Gasteiger partial charge on any atom is -0.466 e. The second kappa shape index (κ2) is 16.1. The maximum atomic E-state index is 11.1. The zero-order chi connectivity index (χ0) is 25.6. The second-order valence-electron chi connectivity index (χ2n) is 5.46. The van der Waals surface area contributed by atoms with E-state index in [1.165, 1.54) is 6.07 Å². The van der Waals surface area contributed by atoms with Gasteiger partial charge in [-0.2, -0.15) is 0 Å². The van der Waals surface area contributed by atoms with Gasteiger partial charge in [-0.15, -0.1) is 10.2 Å². The van der Waals surface area contributed by atoms with E-state index in [4.69, 9.17) is 27.9 Å². The van der Waals surface area contributed by atoms with Crippen molar-refractivity contribution in [2.24, 2.45) is 0 Å². The van der Waals surface area contributed by atoms with Gasteiger partial charge in [-0.1, -0.05) is 23.2 Å². The average molecular weight is 587 g/mol. The first-order valence-electron chi connectivity index (χ1n) is 8.75. The van der Waals surface area contributed by atoms with Crippen molar-refractivity contribution in [3.8, 4) is 0 Å². The van der Waals surface area contributed by atoms with Crippen LogP contribution in [0, 0.1) is 0 Å². The monoisotopic (exact) mass is 584 g/mol. The van der Waals surface area contributed by atoms with Crippen LogP contribution in [0.4, 0.5) is 0 Å². The molecule has 11 nitrogen and oxygen atoms in total. The number of hydrogen-bond acceptors (Lipinski definition) is 9. The first-order chi connectivity index (χ1) is 15.3. The quantitative estimate of drug-likeness (QED) is 0.378. The van der Waals surface area contributed by atoms with E-state index in [0.29, 0.717) is 12.2 Å². The highest BCUT2D eigenvalue weighted by Gasteiger charge is 2.10. The fourth-order valence-corrected chi connectivity index (χ4v) is 2.17. The Hall–Kier alpha value is -1.62. The molecule has 0 aromatic carbocycles. The molecule has 2 heterocycles. The number of aromatic nitrogens is 4. The van der Waals surface area contributed by atoms with Crippen molar-refractivity contribution >= 4 is 74.1 Å². The van der Waals surface area contributed by atoms with Crippen LogP contribution in [0.15, 0.2) is 21.7 Å². The Kier molecular flexibility index (Phi) is 15.3. The third kappa shape index (κ3) is 16.6. The fourth-order valence-electron chi connectivity index (χ4n) is 1.84. The van der Waals surface area contributed by atoms with E-state index in [-0.39, 0.29) is 41.3 Å². The fraction of sp³-hybridized carbons (Fsp3) is 0.375. The predicted molar refractivity (Wildman–Crippen MR) is 126 cm³/mol. The number of halogens is 5. The summed E-state index contributed by atoms with van der Waals surface area (Å²) in [5.41, 5.74) is -0.320. The van der Waals surface area contributed by atoms with Gasteiger partial charge in [-0.3, -0.25) is 33.9 Å². The summed E-state index contributed by atoms with van der Waals surface area (Å²) in [6.45, 7) is 3.99. The maximum absolute atomic E-state index is 11.1. The SMILES string of the molecule is CCOC(=O)Cc1cc(=O)[nH][nH]c1=O.CCOC(=O)Cc1cc(Cl)nnc1Cl.O=P(Cl)(Cl)Cl. The molecule has 0 atom stereocenters. The Labute approximate surface area is 211 Å². The van der Waals surface area contributed by atoms with Crippen molar-refractivity contribution in [3.05, 3.63) is 54.3 Å². The molecule has 17 heteroatoms. The smallest absolute Gasteiger partial charge is 0.339 e. The van der Waals surface area contributed by atoms with Gasteiger partial charge < -0.3 is 9.47 Å². The number of esters is 2. The summed E-state index contributed by atoms with van der Waals surface area (Å²) < 4.78 is 18.9. The molecular weight excluding hydrogens is 568 g/mol. The molecule has 184 valence electrons. The summed E-state index contributed by atoms with van der Waals surface area (Å²) in [5.74, 6) is -0.887. The average Bonchev–Trinajstić information content (AvgIpc) is 2.67. The van der Waals surface area contributed by atoms with Crippen molar-refractivity contribution < 1.29 is 23.6 Å². The lowest BCUT2D eigenvalue weighted by atomic mass is 10.2. The highest BCUT2D eigenvalue weighted by Crippen LogP contribution is 2.61. The van der Waals surface area contributed by atoms with Crippen molar-refractivity contribution in [2.75, 3.05) is 13.2 Å². The summed E-state index contributed by atoms with van der Waals surface area (Å²) in [6.07, 6.45) is -0.130. The topological polar surface area (TPSA) is 161 Å². The first-order valence-corrected chi connectivity index (χ1v) is 13.9. The van der Waals surface area contributed by atoms with Crippen molar-refractivity contribution in [1.29, 1.82) is 0 Å². The molecule has 0 unspecified atom stereocenters. The van der Waals surface area contributed by atoms with Gasteiger partial charge in [-0.05, 0) is 53.6 Å². The van der Waals surface area contributed by atoms with Crippen LogP contribution in [-0.4, -0.2) is 45.5 Å². The highest BCUT2D eigenvalue weighted by molar-refractivity contribution is 8.24. The number of hydrogen-bond donors (Lipinski definition) is 2. The molecule has 0 aliphatic carbocycles. The van der Waals surface area contributed by atoms with Gasteiger partial charge in [0.2, 0.25) is 0 Å². The van der Waals surface area contributed by atoms with Crippen LogP contribution in [0.1, 0.15) is 25.0 Å². The molecule has 0 spiro atoms. The highest BCUT2D eigenvalue weighted by atomic mass is 36.0. The molecule has 0 amide bonds. The summed E-state index contributed by atoms with van der Waals surface area (Å²) in [7, 11) is 0. The van der Waals surface area contributed by atoms with Crippen molar-refractivity contribution in [3.63, 3.8) is 0 Å². The lowest BCUT2D eigenvalue weighted by Crippen LogP contribution is -2.24. The third-order valence-electron chi connectivity index (χ3n) is 2.97. The number of carbonyl (C=O) groups excluding carboxylic acids is 2. The predicted octanol–water partition coefficient (Wildman–Crippen LogP) is 3.87. The zero-order valence-electron chi connectivity index (χ0n) is 17.1. The minimum atomic E-state index is -3.22. The van der Waals surface area contributed by atoms with Crippen LogP contribution in [0.3, 0.4) is 0 Å². The van der Waals surface area contributed by atoms with E-state index < -0.39 is 22.3 Å². The lowest BCUT2D eigenvalue weighted by Gasteiger charge is -2.02. The van der Waals surface area contributed by atoms with Gasteiger partial charge in [0.1, 0.15) is 0 Å². The molecule has 0 bridgehead atoms. The van der Waals surface area contributed by atoms with Crippen molar-refractivity contribution in [2.45, 2.75) is 26.7 Å². The van der Waals surface area contributed by atoms with E-state index in [2.05, 4.69) is 58.9 Å². The molecule has 2 rings (SSSR count). The summed E-state index contributed by atoms with van der Waals surface area (Å²) in [6, 6.07) is 2.57. The van der Waals surface area contributed by atoms with Gasteiger partial charge in [0.05, 0.1) is 26.1 Å². The maximum Gasteiger partial charge on any atom is 0.339 e. The van der Waals surface area contributed by atoms with Crippen LogP contribution >= 0.6 is 62.1 Å². The van der Waals surface area contributed by atoms with Crippen molar-refractivity contribution in [1.82, 2.24) is 20.4 Å². The Morgan fingerprint density at radius 1 is 0.909 bits per heavy atom. The van der Waals surface area contributed by atoms with Crippen LogP contribution in [0.25, 0.3) is 0 Å². The molecule has 2 N–H and O–H groups in total. The third-order valence-corrected chi connectivity index (χ3v) is 3.47. The van der Waals surface area contributed by atoms with Crippen LogP contribution < -0.4 is 11.1 Å². The molecule has 0 radical (unpaired) electrons. The second-order valence-corrected chi connectivity index (χ2v) is 12.8. The molecule has 0 aliphatic rings. The molecule has 0 aliphatic heterocycles. The van der Waals surface area contributed by atoms with Crippen LogP contribution in [0.5, 0.6) is 0 Å². The summed E-state index contributed by atoms with van der Waals surface area (Å²) in [4.78, 5) is 44.0. The molecule has 2 aromatic rings. The lowest BCUT2D eigenvalue weighted by molar-refractivity contribution is -0.143. The van der Waals surface area contributed by atoms with E-state index in [1.54, 1.807) is 13.8 Å². The normalized spacial score (nSPS) is 10.2. The number of nitrogens with zero attached hydrogens (tertiary/aromatic N) is 2. The molecule has 0 saturated carbocycles. The summed E-state index contributed by atoms with van der Waals surface area (Å²) >= 11 is 25.1. The molecular formula is C16H18Cl5N4O7P. The van der Waals surface area contributed by atoms with Gasteiger partial charge in [0, 0.05) is 17.2 Å². The standard InChI is InChI=1S/C8H8Cl2N2O2.C8H10N2O4.Cl3OP/c1-2-14-7(13)4-5-3-6(9)11-12-8(5)10;1-2-14-7(12)4-5-3-6(11)9-10-8(5)13;1-5(2,3)4/h3H,2,4H2,1H3;3H,2,4H2,1H3,(H,9,11)(H,10,13);. The largest absolute Gasteiger partial charge is 0.466 e. The number of aromatic amines is 2. The number of nitrogens with one attached hydrogen (secondary N) is 2. The van der Waals surface area contributed by atoms with Gasteiger partial charge in [-0.25, -0.2) is 0 Å². The van der Waals surface area contributed by atoms with Crippen LogP contribution in [0.2, 0.25) is 10.3 Å². The van der Waals surface area contributed by atoms with Gasteiger partial charge in [0.25, 0.3) is 11.1 Å². The molecule has 2 aromatic heterocycles. The Morgan fingerprint density at radius 3 is 1.88 bits per heavy atom. The summed E-state index contributed by atoms with van der Waals surface area (Å²) in [5, 5.41) is 8.46. The van der Waals surface area contributed by atoms with Crippen LogP contribution in [-0.2, 0) is 36.5 Å². The Morgan fingerprint density at radius 2 is 1.39 bits per heavy atom. The van der Waals surface area contributed by atoms with E-state index in [1.807, 2.05) is 0 Å². The number of rotatable bonds is 6.